The molecule has 1 aromatic carbocycles. The fraction of sp³-hybridized carbons (Fsp3) is 0.471. The molecule has 6 heteroatoms. The van der Waals surface area contributed by atoms with Gasteiger partial charge in [-0.3, -0.25) is 0 Å². The molecule has 1 unspecified atom stereocenters. The van der Waals surface area contributed by atoms with Crippen LogP contribution >= 0.6 is 0 Å². The summed E-state index contributed by atoms with van der Waals surface area (Å²) in [6, 6.07) is 5.13. The minimum absolute atomic E-state index is 0.109. The monoisotopic (exact) mass is 317 g/mol. The van der Waals surface area contributed by atoms with E-state index in [0.717, 1.165) is 11.4 Å². The minimum atomic E-state index is -0.205. The predicted molar refractivity (Wildman–Crippen MR) is 91.4 cm³/mol. The van der Waals surface area contributed by atoms with Crippen LogP contribution in [0.3, 0.4) is 0 Å². The van der Waals surface area contributed by atoms with Crippen molar-refractivity contribution in [3.63, 3.8) is 0 Å². The molecule has 0 saturated carbocycles. The lowest BCUT2D eigenvalue weighted by molar-refractivity contribution is 0.614. The van der Waals surface area contributed by atoms with E-state index in [2.05, 4.69) is 20.3 Å². The fourth-order valence-corrected chi connectivity index (χ4v) is 2.06. The Hall–Kier alpha value is -2.24. The summed E-state index contributed by atoms with van der Waals surface area (Å²) in [7, 11) is 3.78. The summed E-state index contributed by atoms with van der Waals surface area (Å²) < 4.78 is 13.7. The molecule has 2 rings (SSSR count). The third kappa shape index (κ3) is 4.15. The molecule has 0 amide bonds. The Morgan fingerprint density at radius 1 is 1.09 bits per heavy atom. The highest BCUT2D eigenvalue weighted by molar-refractivity contribution is 5.39. The highest BCUT2D eigenvalue weighted by Gasteiger charge is 2.14. The van der Waals surface area contributed by atoms with Crippen molar-refractivity contribution in [2.24, 2.45) is 0 Å². The molecule has 0 aliphatic rings. The third-order valence-corrected chi connectivity index (χ3v) is 3.60. The zero-order valence-electron chi connectivity index (χ0n) is 14.6. The summed E-state index contributed by atoms with van der Waals surface area (Å²) >= 11 is 0. The van der Waals surface area contributed by atoms with Crippen LogP contribution in [0.1, 0.15) is 49.7 Å². The molecule has 0 spiro atoms. The predicted octanol–water partition coefficient (Wildman–Crippen LogP) is 3.68. The second kappa shape index (κ2) is 6.89. The maximum Gasteiger partial charge on any atom is 0.229 e. The second-order valence-corrected chi connectivity index (χ2v) is 6.24. The third-order valence-electron chi connectivity index (χ3n) is 3.60. The van der Waals surface area contributed by atoms with E-state index in [-0.39, 0.29) is 17.8 Å². The minimum Gasteiger partial charge on any atom is -0.348 e. The first-order chi connectivity index (χ1) is 10.8. The first-order valence-electron chi connectivity index (χ1n) is 7.73. The molecule has 124 valence electrons. The number of anilines is 2. The average Bonchev–Trinajstić information content (AvgIpc) is 2.49. The topological polar surface area (TPSA) is 53.9 Å². The van der Waals surface area contributed by atoms with E-state index in [1.54, 1.807) is 19.1 Å². The van der Waals surface area contributed by atoms with Crippen LogP contribution in [0.4, 0.5) is 16.3 Å². The Morgan fingerprint density at radius 2 is 1.78 bits per heavy atom. The molecule has 0 saturated heterocycles. The van der Waals surface area contributed by atoms with E-state index in [1.807, 2.05) is 45.8 Å². The van der Waals surface area contributed by atoms with Crippen LogP contribution in [0, 0.1) is 12.7 Å². The number of rotatable bonds is 5. The molecule has 23 heavy (non-hydrogen) atoms. The molecule has 0 aliphatic heterocycles. The Labute approximate surface area is 137 Å². The van der Waals surface area contributed by atoms with Gasteiger partial charge < -0.3 is 10.2 Å². The number of nitrogens with one attached hydrogen (secondary N) is 1. The zero-order valence-corrected chi connectivity index (χ0v) is 14.6. The Morgan fingerprint density at radius 3 is 2.35 bits per heavy atom. The van der Waals surface area contributed by atoms with Gasteiger partial charge in [0.25, 0.3) is 0 Å². The van der Waals surface area contributed by atoms with Crippen molar-refractivity contribution in [3.05, 3.63) is 41.0 Å². The Bertz CT molecular complexity index is 658. The largest absolute Gasteiger partial charge is 0.348 e. The highest BCUT2D eigenvalue weighted by atomic mass is 19.1. The maximum absolute atomic E-state index is 13.7. The van der Waals surface area contributed by atoms with Crippen molar-refractivity contribution < 1.29 is 4.39 Å². The molecule has 1 atom stereocenters. The fourth-order valence-electron chi connectivity index (χ4n) is 2.06. The molecule has 1 N–H and O–H groups in total. The van der Waals surface area contributed by atoms with Gasteiger partial charge in [0.1, 0.15) is 11.6 Å². The summed E-state index contributed by atoms with van der Waals surface area (Å²) in [6.45, 7) is 7.79. The van der Waals surface area contributed by atoms with Crippen molar-refractivity contribution in [1.82, 2.24) is 15.0 Å². The van der Waals surface area contributed by atoms with Crippen LogP contribution in [0.5, 0.6) is 0 Å². The van der Waals surface area contributed by atoms with Gasteiger partial charge in [0.2, 0.25) is 11.9 Å². The standard InChI is InChI=1S/C17H24FN5/c1-10(2)15-20-16(22-17(21-15)23(5)6)19-12(4)13-8-7-11(3)14(18)9-13/h7-10,12H,1-6H3,(H,19,20,21,22). The SMILES string of the molecule is Cc1ccc(C(C)Nc2nc(C(C)C)nc(N(C)C)n2)cc1F. The second-order valence-electron chi connectivity index (χ2n) is 6.24. The van der Waals surface area contributed by atoms with E-state index in [9.17, 15) is 4.39 Å². The Balaban J connectivity index is 2.29. The van der Waals surface area contributed by atoms with Gasteiger partial charge in [0.05, 0.1) is 6.04 Å². The summed E-state index contributed by atoms with van der Waals surface area (Å²) in [5.41, 5.74) is 1.49. The van der Waals surface area contributed by atoms with Gasteiger partial charge in [-0.2, -0.15) is 15.0 Å². The van der Waals surface area contributed by atoms with Crippen molar-refractivity contribution in [3.8, 4) is 0 Å². The van der Waals surface area contributed by atoms with Crippen molar-refractivity contribution in [1.29, 1.82) is 0 Å². The number of benzene rings is 1. The number of halogens is 1. The number of nitrogens with zero attached hydrogens (tertiary/aromatic N) is 4. The van der Waals surface area contributed by atoms with Gasteiger partial charge in [-0.1, -0.05) is 26.0 Å². The van der Waals surface area contributed by atoms with Crippen LogP contribution in [-0.2, 0) is 0 Å². The molecular weight excluding hydrogens is 293 g/mol. The molecule has 1 heterocycles. The molecule has 5 nitrogen and oxygen atoms in total. The van der Waals surface area contributed by atoms with Crippen LogP contribution in [-0.4, -0.2) is 29.0 Å². The highest BCUT2D eigenvalue weighted by Crippen LogP contribution is 2.21. The lowest BCUT2D eigenvalue weighted by atomic mass is 10.1. The zero-order chi connectivity index (χ0) is 17.1. The molecular formula is C17H24FN5. The summed E-state index contributed by atoms with van der Waals surface area (Å²) in [5.74, 6) is 1.83. The molecule has 0 radical (unpaired) electrons. The van der Waals surface area contributed by atoms with E-state index in [0.29, 0.717) is 17.5 Å². The van der Waals surface area contributed by atoms with Crippen LogP contribution in [0.25, 0.3) is 0 Å². The van der Waals surface area contributed by atoms with Gasteiger partial charge in [-0.25, -0.2) is 4.39 Å². The number of hydrogen-bond donors (Lipinski definition) is 1. The average molecular weight is 317 g/mol. The summed E-state index contributed by atoms with van der Waals surface area (Å²) in [5, 5.41) is 3.24. The number of aryl methyl sites for hydroxylation is 1. The van der Waals surface area contributed by atoms with Gasteiger partial charge in [-0.15, -0.1) is 0 Å². The van der Waals surface area contributed by atoms with Crippen LogP contribution < -0.4 is 10.2 Å². The van der Waals surface area contributed by atoms with Crippen molar-refractivity contribution in [2.45, 2.75) is 39.7 Å². The smallest absolute Gasteiger partial charge is 0.229 e. The van der Waals surface area contributed by atoms with Crippen molar-refractivity contribution in [2.75, 3.05) is 24.3 Å². The van der Waals surface area contributed by atoms with E-state index >= 15 is 0 Å². The molecule has 2 aromatic rings. The molecule has 0 aliphatic carbocycles. The lowest BCUT2D eigenvalue weighted by Crippen LogP contribution is -2.18. The van der Waals surface area contributed by atoms with Gasteiger partial charge in [0, 0.05) is 20.0 Å². The lowest BCUT2D eigenvalue weighted by Gasteiger charge is -2.18. The first kappa shape index (κ1) is 17.1. The van der Waals surface area contributed by atoms with E-state index in [4.69, 9.17) is 0 Å². The number of aromatic nitrogens is 3. The molecule has 1 aromatic heterocycles. The summed E-state index contributed by atoms with van der Waals surface area (Å²) in [6.07, 6.45) is 0. The molecule has 0 fully saturated rings. The summed E-state index contributed by atoms with van der Waals surface area (Å²) in [4.78, 5) is 15.2. The first-order valence-corrected chi connectivity index (χ1v) is 7.73. The van der Waals surface area contributed by atoms with E-state index < -0.39 is 0 Å². The van der Waals surface area contributed by atoms with Crippen LogP contribution in [0.2, 0.25) is 0 Å². The van der Waals surface area contributed by atoms with Crippen LogP contribution in [0.15, 0.2) is 18.2 Å². The molecule has 0 bridgehead atoms. The number of hydrogen-bond acceptors (Lipinski definition) is 5. The maximum atomic E-state index is 13.7. The normalized spacial score (nSPS) is 12.3. The Kier molecular flexibility index (Phi) is 5.13. The van der Waals surface area contributed by atoms with Gasteiger partial charge >= 0.3 is 0 Å². The van der Waals surface area contributed by atoms with Crippen molar-refractivity contribution >= 4 is 11.9 Å². The van der Waals surface area contributed by atoms with E-state index in [1.165, 1.54) is 0 Å². The van der Waals surface area contributed by atoms with Gasteiger partial charge in [0.15, 0.2) is 0 Å². The quantitative estimate of drug-likeness (QED) is 0.911. The van der Waals surface area contributed by atoms with Gasteiger partial charge in [-0.05, 0) is 31.0 Å².